The maximum atomic E-state index is 15.3. The minimum absolute atomic E-state index is 0.0126. The van der Waals surface area contributed by atoms with E-state index in [-0.39, 0.29) is 54.0 Å². The summed E-state index contributed by atoms with van der Waals surface area (Å²) < 4.78 is 75.0. The molecule has 1 fully saturated rings. The van der Waals surface area contributed by atoms with Crippen molar-refractivity contribution in [3.8, 4) is 11.4 Å². The van der Waals surface area contributed by atoms with E-state index in [0.29, 0.717) is 27.8 Å². The maximum Gasteiger partial charge on any atom is 0.411 e. The highest BCUT2D eigenvalue weighted by molar-refractivity contribution is 5.98. The molecule has 0 saturated carbocycles. The number of hydrogen-bond donors (Lipinski definition) is 2. The molecule has 376 valence electrons. The molecule has 1 aliphatic heterocycles. The van der Waals surface area contributed by atoms with Gasteiger partial charge in [-0.2, -0.15) is 13.2 Å². The monoisotopic (exact) mass is 999 g/mol. The topological polar surface area (TPSA) is 260 Å². The van der Waals surface area contributed by atoms with Crippen molar-refractivity contribution in [3.63, 3.8) is 0 Å². The minimum atomic E-state index is -4.63. The van der Waals surface area contributed by atoms with Crippen LogP contribution in [0.25, 0.3) is 33.2 Å². The fourth-order valence-electron chi connectivity index (χ4n) is 7.98. The van der Waals surface area contributed by atoms with Crippen LogP contribution in [0.15, 0.2) is 105 Å². The zero-order chi connectivity index (χ0) is 52.2. The Bertz CT molecular complexity index is 3430. The van der Waals surface area contributed by atoms with Crippen LogP contribution in [0.2, 0.25) is 0 Å². The van der Waals surface area contributed by atoms with Crippen molar-refractivity contribution in [1.82, 2.24) is 43.5 Å². The fourth-order valence-corrected chi connectivity index (χ4v) is 7.98. The SMILES string of the molecule is COC(=O)[C@@H](N)Cc1ccc(-n2c(=O)c3ccncc3n(C)c2=O)cn1.COC(=O)[C@H](Cc1ccc(-n2c(=O)c3ccncc3n(C)c2=O)cn1)NC(=O)c1c(C)cc(N2CCOC[C@@H]2C(F)(F)F)cc1F. The summed E-state index contributed by atoms with van der Waals surface area (Å²) in [6.07, 6.45) is 3.79. The first kappa shape index (κ1) is 51.4. The molecule has 21 nitrogen and oxygen atoms in total. The second-order valence-corrected chi connectivity index (χ2v) is 16.3. The molecule has 0 bridgehead atoms. The Morgan fingerprint density at radius 1 is 0.778 bits per heavy atom. The third-order valence-electron chi connectivity index (χ3n) is 11.8. The number of nitrogens with zero attached hydrogens (tertiary/aromatic N) is 9. The molecule has 1 saturated heterocycles. The largest absolute Gasteiger partial charge is 0.468 e. The third kappa shape index (κ3) is 10.5. The van der Waals surface area contributed by atoms with Crippen molar-refractivity contribution in [1.29, 1.82) is 0 Å². The Morgan fingerprint density at radius 2 is 1.31 bits per heavy atom. The molecule has 7 heterocycles. The van der Waals surface area contributed by atoms with E-state index < -0.39 is 82.6 Å². The number of rotatable bonds is 11. The Balaban J connectivity index is 0.000000247. The number of anilines is 1. The van der Waals surface area contributed by atoms with E-state index in [1.165, 1.54) is 91.7 Å². The van der Waals surface area contributed by atoms with E-state index in [1.807, 2.05) is 0 Å². The van der Waals surface area contributed by atoms with Crippen LogP contribution in [0.4, 0.5) is 23.2 Å². The number of morpholine rings is 1. The van der Waals surface area contributed by atoms with Crippen LogP contribution in [0.3, 0.4) is 0 Å². The van der Waals surface area contributed by atoms with Gasteiger partial charge in [0.1, 0.15) is 23.9 Å². The number of methoxy groups -OCH3 is 2. The number of fused-ring (bicyclic) bond motifs is 2. The van der Waals surface area contributed by atoms with Crippen LogP contribution >= 0.6 is 0 Å². The van der Waals surface area contributed by atoms with Gasteiger partial charge in [0.15, 0.2) is 0 Å². The van der Waals surface area contributed by atoms with Crippen molar-refractivity contribution in [2.45, 2.75) is 44.1 Å². The molecule has 1 aliphatic rings. The lowest BCUT2D eigenvalue weighted by atomic mass is 10.0. The van der Waals surface area contributed by atoms with Gasteiger partial charge in [0.05, 0.1) is 91.0 Å². The van der Waals surface area contributed by atoms with E-state index in [0.717, 1.165) is 27.2 Å². The van der Waals surface area contributed by atoms with Gasteiger partial charge in [0.2, 0.25) is 0 Å². The molecule has 0 unspecified atom stereocenters. The summed E-state index contributed by atoms with van der Waals surface area (Å²) in [4.78, 5) is 106. The van der Waals surface area contributed by atoms with Crippen LogP contribution < -0.4 is 38.4 Å². The van der Waals surface area contributed by atoms with Gasteiger partial charge in [-0.25, -0.2) is 27.9 Å². The normalized spacial score (nSPS) is 14.5. The van der Waals surface area contributed by atoms with Crippen LogP contribution in [-0.2, 0) is 50.7 Å². The number of benzene rings is 1. The quantitative estimate of drug-likeness (QED) is 0.138. The molecular formula is C47H45F4N11O10. The minimum Gasteiger partial charge on any atom is -0.468 e. The first-order valence-electron chi connectivity index (χ1n) is 21.7. The highest BCUT2D eigenvalue weighted by Crippen LogP contribution is 2.33. The molecule has 1 amide bonds. The first-order valence-corrected chi connectivity index (χ1v) is 21.7. The Kier molecular flexibility index (Phi) is 15.2. The van der Waals surface area contributed by atoms with Crippen LogP contribution in [0, 0.1) is 12.7 Å². The number of halogens is 4. The summed E-state index contributed by atoms with van der Waals surface area (Å²) in [5.41, 5.74) is 5.13. The van der Waals surface area contributed by atoms with Crippen LogP contribution in [0.5, 0.6) is 0 Å². The molecule has 1 aromatic carbocycles. The number of nitrogens with one attached hydrogen (secondary N) is 1. The van der Waals surface area contributed by atoms with E-state index in [2.05, 4.69) is 30.0 Å². The molecule has 7 aromatic rings. The van der Waals surface area contributed by atoms with Gasteiger partial charge >= 0.3 is 29.5 Å². The van der Waals surface area contributed by atoms with Gasteiger partial charge in [-0.1, -0.05) is 0 Å². The zero-order valence-corrected chi connectivity index (χ0v) is 39.0. The predicted octanol–water partition coefficient (Wildman–Crippen LogP) is 1.73. The van der Waals surface area contributed by atoms with E-state index >= 15 is 4.39 Å². The lowest BCUT2D eigenvalue weighted by Crippen LogP contribution is -2.53. The molecule has 0 aliphatic carbocycles. The molecule has 3 N–H and O–H groups in total. The highest BCUT2D eigenvalue weighted by atomic mass is 19.4. The van der Waals surface area contributed by atoms with Crippen molar-refractivity contribution >= 4 is 45.3 Å². The lowest BCUT2D eigenvalue weighted by Gasteiger charge is -2.38. The van der Waals surface area contributed by atoms with Gasteiger partial charge < -0.3 is 30.2 Å². The Morgan fingerprint density at radius 3 is 1.78 bits per heavy atom. The molecule has 25 heteroatoms. The first-order chi connectivity index (χ1) is 34.2. The van der Waals surface area contributed by atoms with E-state index in [1.54, 1.807) is 25.2 Å². The second kappa shape index (κ2) is 21.3. The summed E-state index contributed by atoms with van der Waals surface area (Å²) in [7, 11) is 5.42. The molecule has 0 spiro atoms. The van der Waals surface area contributed by atoms with Gasteiger partial charge in [0, 0.05) is 63.0 Å². The molecule has 72 heavy (non-hydrogen) atoms. The smallest absolute Gasteiger partial charge is 0.411 e. The molecule has 8 rings (SSSR count). The number of nitrogens with two attached hydrogens (primary N) is 1. The average Bonchev–Trinajstić information content (AvgIpc) is 3.37. The summed E-state index contributed by atoms with van der Waals surface area (Å²) in [5, 5.41) is 3.05. The Labute approximate surface area is 404 Å². The number of carbonyl (C=O) groups is 3. The van der Waals surface area contributed by atoms with Crippen LogP contribution in [-0.4, -0.2) is 114 Å². The standard InChI is InChI=1S/C30H28F4N6O6.C17H17N5O4/c1-16-10-19(39-8-9-46-15-24(39)30(32,33)34)12-21(31)25(16)26(41)37-22(28(43)45-3)11-17-4-5-18(13-36-17)40-27(42)20-6-7-35-14-23(20)38(2)29(40)44;1-21-14-9-19-6-5-12(14)15(23)22(17(21)25)11-4-3-10(20-8-11)7-13(18)16(24)26-2/h4-7,10,12-14,22,24H,8-9,11,15H2,1-3H3,(H,37,41);3-6,8-9,13H,7,18H2,1-2H3/t22-,24+;13-/m00/s1. The van der Waals surface area contributed by atoms with Crippen molar-refractivity contribution < 1.29 is 46.2 Å². The number of esters is 2. The van der Waals surface area contributed by atoms with Gasteiger partial charge in [-0.15, -0.1) is 0 Å². The number of carbonyl (C=O) groups excluding carboxylic acids is 3. The number of aromatic nitrogens is 8. The predicted molar refractivity (Wildman–Crippen MR) is 251 cm³/mol. The molecular weight excluding hydrogens is 955 g/mol. The lowest BCUT2D eigenvalue weighted by molar-refractivity contribution is -0.167. The second-order valence-electron chi connectivity index (χ2n) is 16.3. The van der Waals surface area contributed by atoms with Crippen molar-refractivity contribution in [2.75, 3.05) is 38.9 Å². The Hall–Kier alpha value is -8.45. The van der Waals surface area contributed by atoms with E-state index in [4.69, 9.17) is 15.2 Å². The summed E-state index contributed by atoms with van der Waals surface area (Å²) in [6.45, 7) is 0.633. The van der Waals surface area contributed by atoms with Gasteiger partial charge in [-0.05, 0) is 61.0 Å². The summed E-state index contributed by atoms with van der Waals surface area (Å²) in [5.74, 6) is -3.49. The van der Waals surface area contributed by atoms with Gasteiger partial charge in [0.25, 0.3) is 17.0 Å². The number of alkyl halides is 3. The summed E-state index contributed by atoms with van der Waals surface area (Å²) >= 11 is 0. The number of ether oxygens (including phenoxy) is 3. The summed E-state index contributed by atoms with van der Waals surface area (Å²) in [6, 6.07) is 7.08. The molecule has 3 atom stereocenters. The van der Waals surface area contributed by atoms with Crippen molar-refractivity contribution in [2.24, 2.45) is 19.8 Å². The highest BCUT2D eigenvalue weighted by Gasteiger charge is 2.46. The number of aryl methyl sites for hydroxylation is 3. The van der Waals surface area contributed by atoms with Gasteiger partial charge in [-0.3, -0.25) is 48.2 Å². The van der Waals surface area contributed by atoms with Crippen molar-refractivity contribution in [3.05, 3.63) is 156 Å². The van der Waals surface area contributed by atoms with E-state index in [9.17, 15) is 46.7 Å². The molecule has 0 radical (unpaired) electrons. The zero-order valence-electron chi connectivity index (χ0n) is 39.0. The maximum absolute atomic E-state index is 15.3. The number of pyridine rings is 4. The number of amides is 1. The fraction of sp³-hybridized carbons (Fsp3) is 0.298. The molecule has 6 aromatic heterocycles. The average molecular weight is 1000 g/mol. The third-order valence-corrected chi connectivity index (χ3v) is 11.8. The van der Waals surface area contributed by atoms with Crippen LogP contribution in [0.1, 0.15) is 27.3 Å². The number of hydrogen-bond acceptors (Lipinski definition) is 16.